The summed E-state index contributed by atoms with van der Waals surface area (Å²) in [4.78, 5) is 15.7. The first kappa shape index (κ1) is 16.8. The van der Waals surface area contributed by atoms with Gasteiger partial charge in [0.1, 0.15) is 5.82 Å². The summed E-state index contributed by atoms with van der Waals surface area (Å²) in [6, 6.07) is 6.76. The summed E-state index contributed by atoms with van der Waals surface area (Å²) in [6.07, 6.45) is 0. The third-order valence-electron chi connectivity index (χ3n) is 4.34. The molecule has 0 saturated carbocycles. The molecule has 3 aromatic rings. The number of carboxylic acids is 1. The largest absolute Gasteiger partial charge is 0.478 e. The quantitative estimate of drug-likeness (QED) is 0.761. The highest BCUT2D eigenvalue weighted by atomic mass is 19.1. The third kappa shape index (κ3) is 2.91. The molecule has 0 spiro atoms. The van der Waals surface area contributed by atoms with E-state index in [1.165, 1.54) is 0 Å². The molecule has 0 radical (unpaired) electrons. The number of benzene rings is 2. The van der Waals surface area contributed by atoms with Crippen molar-refractivity contribution in [1.82, 2.24) is 10.1 Å². The Hall–Kier alpha value is -3.02. The standard InChI is InChI=1S/C19H17FN2O3/c1-9-7-14(12(4)15(8-9)19(23)24)17-21-18(25-22-17)13-6-5-10(2)11(3)16(13)20/h5-8H,1-4H3,(H,23,24). The van der Waals surface area contributed by atoms with Gasteiger partial charge in [0.05, 0.1) is 11.1 Å². The summed E-state index contributed by atoms with van der Waals surface area (Å²) in [6.45, 7) is 6.99. The second-order valence-electron chi connectivity index (χ2n) is 6.08. The molecule has 6 heteroatoms. The molecule has 0 amide bonds. The van der Waals surface area contributed by atoms with E-state index in [1.54, 1.807) is 45.0 Å². The summed E-state index contributed by atoms with van der Waals surface area (Å²) in [5, 5.41) is 13.2. The van der Waals surface area contributed by atoms with E-state index in [2.05, 4.69) is 10.1 Å². The van der Waals surface area contributed by atoms with Crippen molar-refractivity contribution in [2.45, 2.75) is 27.7 Å². The number of halogens is 1. The van der Waals surface area contributed by atoms with Crippen LogP contribution in [0.15, 0.2) is 28.8 Å². The summed E-state index contributed by atoms with van der Waals surface area (Å²) >= 11 is 0. The van der Waals surface area contributed by atoms with Gasteiger partial charge in [0.2, 0.25) is 5.82 Å². The van der Waals surface area contributed by atoms with E-state index in [4.69, 9.17) is 4.52 Å². The Kier molecular flexibility index (Phi) is 4.12. The number of hydrogen-bond donors (Lipinski definition) is 1. The number of carbonyl (C=O) groups is 1. The highest BCUT2D eigenvalue weighted by molar-refractivity contribution is 5.92. The molecule has 0 unspecified atom stereocenters. The van der Waals surface area contributed by atoms with E-state index in [1.807, 2.05) is 6.92 Å². The van der Waals surface area contributed by atoms with Crippen LogP contribution < -0.4 is 0 Å². The van der Waals surface area contributed by atoms with E-state index in [9.17, 15) is 14.3 Å². The van der Waals surface area contributed by atoms with Crippen molar-refractivity contribution < 1.29 is 18.8 Å². The summed E-state index contributed by atoms with van der Waals surface area (Å²) in [7, 11) is 0. The lowest BCUT2D eigenvalue weighted by molar-refractivity contribution is 0.0696. The van der Waals surface area contributed by atoms with Crippen LogP contribution in [-0.4, -0.2) is 21.2 Å². The van der Waals surface area contributed by atoms with Gasteiger partial charge in [0.15, 0.2) is 0 Å². The molecule has 0 aliphatic heterocycles. The predicted octanol–water partition coefficient (Wildman–Crippen LogP) is 4.47. The number of rotatable bonds is 3. The molecule has 0 fully saturated rings. The van der Waals surface area contributed by atoms with Gasteiger partial charge in [-0.05, 0) is 68.1 Å². The first-order valence-corrected chi connectivity index (χ1v) is 7.74. The molecule has 1 aromatic heterocycles. The van der Waals surface area contributed by atoms with Crippen LogP contribution in [0.25, 0.3) is 22.8 Å². The van der Waals surface area contributed by atoms with Crippen LogP contribution in [0.2, 0.25) is 0 Å². The molecule has 2 aromatic carbocycles. The van der Waals surface area contributed by atoms with Crippen LogP contribution >= 0.6 is 0 Å². The third-order valence-corrected chi connectivity index (χ3v) is 4.34. The SMILES string of the molecule is Cc1cc(C(=O)O)c(C)c(-c2noc(-c3ccc(C)c(C)c3F)n2)c1. The first-order valence-electron chi connectivity index (χ1n) is 7.74. The molecule has 0 saturated heterocycles. The minimum atomic E-state index is -1.02. The molecular formula is C19H17FN2O3. The van der Waals surface area contributed by atoms with Crippen molar-refractivity contribution >= 4 is 5.97 Å². The normalized spacial score (nSPS) is 10.9. The maximum atomic E-state index is 14.5. The van der Waals surface area contributed by atoms with Crippen LogP contribution in [0.3, 0.4) is 0 Å². The second-order valence-corrected chi connectivity index (χ2v) is 6.08. The fourth-order valence-electron chi connectivity index (χ4n) is 2.70. The van der Waals surface area contributed by atoms with Gasteiger partial charge in [0, 0.05) is 5.56 Å². The highest BCUT2D eigenvalue weighted by Gasteiger charge is 2.20. The summed E-state index contributed by atoms with van der Waals surface area (Å²) in [5.41, 5.74) is 3.62. The van der Waals surface area contributed by atoms with Gasteiger partial charge in [-0.15, -0.1) is 0 Å². The fourth-order valence-corrected chi connectivity index (χ4v) is 2.70. The lowest BCUT2D eigenvalue weighted by Gasteiger charge is -2.07. The first-order chi connectivity index (χ1) is 11.8. The molecule has 25 heavy (non-hydrogen) atoms. The Morgan fingerprint density at radius 2 is 1.80 bits per heavy atom. The van der Waals surface area contributed by atoms with Crippen LogP contribution in [0.4, 0.5) is 4.39 Å². The Morgan fingerprint density at radius 1 is 1.08 bits per heavy atom. The van der Waals surface area contributed by atoms with E-state index >= 15 is 0 Å². The minimum absolute atomic E-state index is 0.0633. The van der Waals surface area contributed by atoms with E-state index in [0.29, 0.717) is 16.7 Å². The molecule has 0 aliphatic carbocycles. The highest BCUT2D eigenvalue weighted by Crippen LogP contribution is 2.30. The zero-order valence-electron chi connectivity index (χ0n) is 14.3. The topological polar surface area (TPSA) is 76.2 Å². The number of aryl methyl sites for hydroxylation is 2. The lowest BCUT2D eigenvalue weighted by Crippen LogP contribution is -2.02. The lowest BCUT2D eigenvalue weighted by atomic mass is 9.98. The molecule has 1 heterocycles. The average Bonchev–Trinajstić information content (AvgIpc) is 3.04. The van der Waals surface area contributed by atoms with Gasteiger partial charge in [-0.25, -0.2) is 9.18 Å². The van der Waals surface area contributed by atoms with Crippen molar-refractivity contribution in [3.05, 3.63) is 57.9 Å². The maximum Gasteiger partial charge on any atom is 0.335 e. The number of aromatic carboxylic acids is 1. The molecule has 0 aliphatic rings. The van der Waals surface area contributed by atoms with Crippen LogP contribution in [0, 0.1) is 33.5 Å². The molecule has 0 bridgehead atoms. The van der Waals surface area contributed by atoms with Gasteiger partial charge in [-0.3, -0.25) is 0 Å². The Morgan fingerprint density at radius 3 is 2.48 bits per heavy atom. The average molecular weight is 340 g/mol. The van der Waals surface area contributed by atoms with Gasteiger partial charge in [0.25, 0.3) is 5.89 Å². The molecule has 0 atom stereocenters. The van der Waals surface area contributed by atoms with Crippen molar-refractivity contribution in [1.29, 1.82) is 0 Å². The van der Waals surface area contributed by atoms with Crippen molar-refractivity contribution in [2.24, 2.45) is 0 Å². The monoisotopic (exact) mass is 340 g/mol. The molecule has 5 nitrogen and oxygen atoms in total. The van der Waals surface area contributed by atoms with E-state index in [-0.39, 0.29) is 22.8 Å². The van der Waals surface area contributed by atoms with Crippen molar-refractivity contribution in [3.63, 3.8) is 0 Å². The summed E-state index contributed by atoms with van der Waals surface area (Å²) in [5.74, 6) is -1.13. The number of aromatic nitrogens is 2. The van der Waals surface area contributed by atoms with Gasteiger partial charge in [-0.1, -0.05) is 11.2 Å². The fraction of sp³-hybridized carbons (Fsp3) is 0.211. The second kappa shape index (κ2) is 6.12. The van der Waals surface area contributed by atoms with Gasteiger partial charge >= 0.3 is 5.97 Å². The van der Waals surface area contributed by atoms with E-state index < -0.39 is 11.8 Å². The Balaban J connectivity index is 2.12. The van der Waals surface area contributed by atoms with E-state index in [0.717, 1.165) is 11.1 Å². The van der Waals surface area contributed by atoms with Crippen molar-refractivity contribution in [3.8, 4) is 22.8 Å². The zero-order chi connectivity index (χ0) is 18.3. The predicted molar refractivity (Wildman–Crippen MR) is 91.0 cm³/mol. The van der Waals surface area contributed by atoms with Crippen LogP contribution in [0.1, 0.15) is 32.6 Å². The minimum Gasteiger partial charge on any atom is -0.478 e. The maximum absolute atomic E-state index is 14.5. The molecule has 128 valence electrons. The number of nitrogens with zero attached hydrogens (tertiary/aromatic N) is 2. The zero-order valence-corrected chi connectivity index (χ0v) is 14.3. The smallest absolute Gasteiger partial charge is 0.335 e. The Bertz CT molecular complexity index is 993. The van der Waals surface area contributed by atoms with Crippen LogP contribution in [-0.2, 0) is 0 Å². The van der Waals surface area contributed by atoms with Crippen LogP contribution in [0.5, 0.6) is 0 Å². The van der Waals surface area contributed by atoms with Gasteiger partial charge < -0.3 is 9.63 Å². The molecular weight excluding hydrogens is 323 g/mol. The van der Waals surface area contributed by atoms with Crippen molar-refractivity contribution in [2.75, 3.05) is 0 Å². The number of carboxylic acid groups (broad SMARTS) is 1. The molecule has 1 N–H and O–H groups in total. The van der Waals surface area contributed by atoms with Gasteiger partial charge in [-0.2, -0.15) is 4.98 Å². The molecule has 3 rings (SSSR count). The summed E-state index contributed by atoms with van der Waals surface area (Å²) < 4.78 is 19.7. The number of hydrogen-bond acceptors (Lipinski definition) is 4. The Labute approximate surface area is 144 Å².